The van der Waals surface area contributed by atoms with Crippen LogP contribution in [-0.4, -0.2) is 57.5 Å². The highest BCUT2D eigenvalue weighted by molar-refractivity contribution is 5.94. The van der Waals surface area contributed by atoms with Gasteiger partial charge in [0.2, 0.25) is 0 Å². The first-order valence-corrected chi connectivity index (χ1v) is 10.6. The van der Waals surface area contributed by atoms with Crippen LogP contribution in [0.3, 0.4) is 0 Å². The molecule has 168 valence electrons. The van der Waals surface area contributed by atoms with Crippen molar-refractivity contribution in [1.29, 1.82) is 0 Å². The summed E-state index contributed by atoms with van der Waals surface area (Å²) in [6.45, 7) is 1.27. The number of anilines is 3. The predicted molar refractivity (Wildman–Crippen MR) is 116 cm³/mol. The number of hydrogen-bond acceptors (Lipinski definition) is 7. The minimum Gasteiger partial charge on any atom is -0.385 e. The Morgan fingerprint density at radius 3 is 2.78 bits per heavy atom. The van der Waals surface area contributed by atoms with Crippen LogP contribution in [0.25, 0.3) is 5.65 Å². The molecule has 1 saturated carbocycles. The SMILES string of the molecule is CNc1cc(Nc2cccn(C3CCOCC3)c2=O)nn2c(C(=O)NC3CC3F)cnc12. The van der Waals surface area contributed by atoms with E-state index in [9.17, 15) is 14.0 Å². The fraction of sp³-hybridized carbons (Fsp3) is 0.429. The molecule has 32 heavy (non-hydrogen) atoms. The van der Waals surface area contributed by atoms with Gasteiger partial charge in [-0.25, -0.2) is 13.9 Å². The summed E-state index contributed by atoms with van der Waals surface area (Å²) in [5.74, 6) is -0.0820. The summed E-state index contributed by atoms with van der Waals surface area (Å²) in [6, 6.07) is 4.85. The molecule has 0 radical (unpaired) electrons. The van der Waals surface area contributed by atoms with Crippen LogP contribution in [0.4, 0.5) is 21.6 Å². The summed E-state index contributed by atoms with van der Waals surface area (Å²) >= 11 is 0. The van der Waals surface area contributed by atoms with Crippen LogP contribution < -0.4 is 21.5 Å². The normalized spacial score (nSPS) is 20.8. The Labute approximate surface area is 182 Å². The summed E-state index contributed by atoms with van der Waals surface area (Å²) in [4.78, 5) is 29.9. The van der Waals surface area contributed by atoms with Crippen LogP contribution >= 0.6 is 0 Å². The summed E-state index contributed by atoms with van der Waals surface area (Å²) in [6.07, 6.45) is 4.06. The largest absolute Gasteiger partial charge is 0.385 e. The molecular weight excluding hydrogens is 417 g/mol. The van der Waals surface area contributed by atoms with Crippen molar-refractivity contribution in [3.63, 3.8) is 0 Å². The molecule has 2 unspecified atom stereocenters. The topological polar surface area (TPSA) is 115 Å². The van der Waals surface area contributed by atoms with Gasteiger partial charge in [-0.1, -0.05) is 0 Å². The number of amides is 1. The maximum atomic E-state index is 13.2. The van der Waals surface area contributed by atoms with Gasteiger partial charge in [-0.2, -0.15) is 0 Å². The number of nitrogens with one attached hydrogen (secondary N) is 3. The zero-order valence-corrected chi connectivity index (χ0v) is 17.5. The minimum absolute atomic E-state index is 0.0898. The standard InChI is InChI=1S/C21H24FN7O3/c1-23-16-10-18(25-14-3-2-6-28(21(14)31)12-4-7-32-8-5-12)27-29-17(11-24-19(16)29)20(30)26-15-9-13(15)22/h2-3,6,10-13,15,23H,4-5,7-9H2,1H3,(H,25,27)(H,26,30). The molecule has 0 aromatic carbocycles. The summed E-state index contributed by atoms with van der Waals surface area (Å²) < 4.78 is 21.7. The number of halogens is 1. The van der Waals surface area contributed by atoms with Crippen molar-refractivity contribution >= 4 is 28.7 Å². The summed E-state index contributed by atoms with van der Waals surface area (Å²) in [7, 11) is 1.73. The van der Waals surface area contributed by atoms with Gasteiger partial charge in [-0.3, -0.25) is 9.59 Å². The average molecular weight is 441 g/mol. The lowest BCUT2D eigenvalue weighted by molar-refractivity contribution is 0.0687. The zero-order chi connectivity index (χ0) is 22.2. The Hall–Kier alpha value is -3.47. The van der Waals surface area contributed by atoms with Crippen molar-refractivity contribution in [1.82, 2.24) is 24.5 Å². The number of fused-ring (bicyclic) bond motifs is 1. The second-order valence-electron chi connectivity index (χ2n) is 8.01. The Balaban J connectivity index is 1.47. The van der Waals surface area contributed by atoms with Crippen molar-refractivity contribution in [2.75, 3.05) is 30.9 Å². The molecule has 5 rings (SSSR count). The monoisotopic (exact) mass is 441 g/mol. The number of alkyl halides is 1. The van der Waals surface area contributed by atoms with Crippen LogP contribution in [0.15, 0.2) is 35.4 Å². The summed E-state index contributed by atoms with van der Waals surface area (Å²) in [5.41, 5.74) is 1.48. The molecule has 1 aliphatic heterocycles. The Morgan fingerprint density at radius 2 is 2.06 bits per heavy atom. The Bertz CT molecular complexity index is 1220. The van der Waals surface area contributed by atoms with E-state index in [4.69, 9.17) is 4.74 Å². The minimum atomic E-state index is -1.01. The van der Waals surface area contributed by atoms with Gasteiger partial charge in [-0.15, -0.1) is 5.10 Å². The molecule has 1 amide bonds. The maximum absolute atomic E-state index is 13.2. The van der Waals surface area contributed by atoms with Gasteiger partial charge < -0.3 is 25.3 Å². The first-order valence-electron chi connectivity index (χ1n) is 10.6. The smallest absolute Gasteiger partial charge is 0.274 e. The van der Waals surface area contributed by atoms with Gasteiger partial charge in [0.1, 0.15) is 11.9 Å². The van der Waals surface area contributed by atoms with Gasteiger partial charge in [0.15, 0.2) is 17.2 Å². The number of pyridine rings is 1. The van der Waals surface area contributed by atoms with E-state index in [1.54, 1.807) is 29.9 Å². The Kier molecular flexibility index (Phi) is 5.25. The fourth-order valence-corrected chi connectivity index (χ4v) is 3.92. The van der Waals surface area contributed by atoms with E-state index in [0.717, 1.165) is 12.8 Å². The third-order valence-corrected chi connectivity index (χ3v) is 5.82. The number of aromatic nitrogens is 4. The second-order valence-corrected chi connectivity index (χ2v) is 8.01. The lowest BCUT2D eigenvalue weighted by Gasteiger charge is -2.24. The van der Waals surface area contributed by atoms with E-state index in [0.29, 0.717) is 42.5 Å². The van der Waals surface area contributed by atoms with Crippen molar-refractivity contribution in [2.24, 2.45) is 0 Å². The molecule has 3 N–H and O–H groups in total. The van der Waals surface area contributed by atoms with Crippen molar-refractivity contribution in [3.05, 3.63) is 46.6 Å². The van der Waals surface area contributed by atoms with E-state index in [-0.39, 0.29) is 17.3 Å². The fourth-order valence-electron chi connectivity index (χ4n) is 3.92. The number of carbonyl (C=O) groups is 1. The molecule has 4 heterocycles. The first kappa shape index (κ1) is 20.4. The van der Waals surface area contributed by atoms with Crippen LogP contribution in [0.1, 0.15) is 35.8 Å². The molecular formula is C21H24FN7O3. The van der Waals surface area contributed by atoms with Crippen LogP contribution in [0, 0.1) is 0 Å². The number of hydrogen-bond donors (Lipinski definition) is 3. The quantitative estimate of drug-likeness (QED) is 0.535. The molecule has 11 heteroatoms. The van der Waals surface area contributed by atoms with E-state index < -0.39 is 18.1 Å². The third-order valence-electron chi connectivity index (χ3n) is 5.82. The van der Waals surface area contributed by atoms with Crippen LogP contribution in [-0.2, 0) is 4.74 Å². The van der Waals surface area contributed by atoms with E-state index in [1.165, 1.54) is 10.7 Å². The number of carbonyl (C=O) groups excluding carboxylic acids is 1. The molecule has 3 aromatic heterocycles. The first-order chi connectivity index (χ1) is 15.5. The number of nitrogens with zero attached hydrogens (tertiary/aromatic N) is 4. The molecule has 1 aliphatic carbocycles. The van der Waals surface area contributed by atoms with Crippen molar-refractivity contribution in [2.45, 2.75) is 37.5 Å². The molecule has 2 atom stereocenters. The lowest BCUT2D eigenvalue weighted by atomic mass is 10.1. The molecule has 10 nitrogen and oxygen atoms in total. The highest BCUT2D eigenvalue weighted by atomic mass is 19.1. The molecule has 3 aromatic rings. The zero-order valence-electron chi connectivity index (χ0n) is 17.5. The Morgan fingerprint density at radius 1 is 1.28 bits per heavy atom. The van der Waals surface area contributed by atoms with Gasteiger partial charge in [0.05, 0.1) is 17.9 Å². The number of imidazole rings is 1. The predicted octanol–water partition coefficient (Wildman–Crippen LogP) is 1.87. The molecule has 2 aliphatic rings. The maximum Gasteiger partial charge on any atom is 0.274 e. The van der Waals surface area contributed by atoms with Crippen molar-refractivity contribution < 1.29 is 13.9 Å². The summed E-state index contributed by atoms with van der Waals surface area (Å²) in [5, 5.41) is 13.2. The van der Waals surface area contributed by atoms with Gasteiger partial charge in [0, 0.05) is 45.0 Å². The molecule has 2 fully saturated rings. The molecule has 0 bridgehead atoms. The van der Waals surface area contributed by atoms with Gasteiger partial charge in [0.25, 0.3) is 11.5 Å². The van der Waals surface area contributed by atoms with Crippen LogP contribution in [0.2, 0.25) is 0 Å². The number of rotatable bonds is 6. The van der Waals surface area contributed by atoms with Gasteiger partial charge >= 0.3 is 0 Å². The van der Waals surface area contributed by atoms with E-state index in [1.807, 2.05) is 6.07 Å². The number of ether oxygens (including phenoxy) is 1. The van der Waals surface area contributed by atoms with E-state index >= 15 is 0 Å². The van der Waals surface area contributed by atoms with Gasteiger partial charge in [-0.05, 0) is 25.0 Å². The van der Waals surface area contributed by atoms with Crippen LogP contribution in [0.5, 0.6) is 0 Å². The highest BCUT2D eigenvalue weighted by Crippen LogP contribution is 2.26. The molecule has 0 spiro atoms. The third kappa shape index (κ3) is 3.79. The highest BCUT2D eigenvalue weighted by Gasteiger charge is 2.39. The van der Waals surface area contributed by atoms with Crippen molar-refractivity contribution in [3.8, 4) is 0 Å². The second kappa shape index (κ2) is 8.23. The average Bonchev–Trinajstić information content (AvgIpc) is 3.32. The lowest BCUT2D eigenvalue weighted by Crippen LogP contribution is -2.30. The molecule has 1 saturated heterocycles. The van der Waals surface area contributed by atoms with E-state index in [2.05, 4.69) is 26.0 Å².